The van der Waals surface area contributed by atoms with Gasteiger partial charge in [0.1, 0.15) is 5.71 Å². The molecule has 2 atom stereocenters. The largest absolute Gasteiger partial charge is 0.317 e. The zero-order valence-electron chi connectivity index (χ0n) is 13.2. The lowest BCUT2D eigenvalue weighted by Crippen LogP contribution is -2.39. The van der Waals surface area contributed by atoms with E-state index in [0.29, 0.717) is 10.9 Å². The van der Waals surface area contributed by atoms with Crippen LogP contribution in [0.3, 0.4) is 0 Å². The summed E-state index contributed by atoms with van der Waals surface area (Å²) in [6.45, 7) is 9.79. The van der Waals surface area contributed by atoms with E-state index in [4.69, 9.17) is 23.2 Å². The molecule has 1 fully saturated rings. The summed E-state index contributed by atoms with van der Waals surface area (Å²) in [4.78, 5) is 8.78. The van der Waals surface area contributed by atoms with E-state index < -0.39 is 0 Å². The molecule has 2 aliphatic heterocycles. The van der Waals surface area contributed by atoms with Gasteiger partial charge in [0.2, 0.25) is 0 Å². The zero-order chi connectivity index (χ0) is 16.5. The summed E-state index contributed by atoms with van der Waals surface area (Å²) in [6, 6.07) is 7.46. The number of H-pyrrole nitrogens is 1. The van der Waals surface area contributed by atoms with Crippen LogP contribution < -0.4 is 5.32 Å². The molecule has 2 unspecified atom stereocenters. The second-order valence-corrected chi connectivity index (χ2v) is 6.72. The van der Waals surface area contributed by atoms with Gasteiger partial charge in [0.05, 0.1) is 12.1 Å². The van der Waals surface area contributed by atoms with Gasteiger partial charge in [0, 0.05) is 16.5 Å². The summed E-state index contributed by atoms with van der Waals surface area (Å²) in [5.74, 6) is 0.993. The zero-order valence-corrected chi connectivity index (χ0v) is 13.9. The number of rotatable bonds is 2. The van der Waals surface area contributed by atoms with Crippen LogP contribution in [0.15, 0.2) is 35.5 Å². The molecule has 2 N–H and O–H groups in total. The summed E-state index contributed by atoms with van der Waals surface area (Å²) in [5.41, 5.74) is 2.92. The number of aromatic amines is 1. The lowest BCUT2D eigenvalue weighted by atomic mass is 9.77. The van der Waals surface area contributed by atoms with E-state index in [0.717, 1.165) is 48.6 Å². The summed E-state index contributed by atoms with van der Waals surface area (Å²) in [7, 11) is 0. The molecule has 122 valence electrons. The number of fused-ring (bicyclic) bond motifs is 1. The number of hydrogen-bond acceptors (Lipinski definition) is 3. The Hall–Kier alpha value is -2.16. The number of benzene rings is 1. The van der Waals surface area contributed by atoms with Crippen LogP contribution in [-0.4, -0.2) is 35.0 Å². The molecule has 4 rings (SSSR count). The molecule has 3 heterocycles. The first-order valence-electron chi connectivity index (χ1n) is 8.23. The molecule has 6 heteroatoms. The molecule has 0 spiro atoms. The van der Waals surface area contributed by atoms with Gasteiger partial charge in [-0.3, -0.25) is 5.10 Å². The van der Waals surface area contributed by atoms with Crippen LogP contribution in [0.5, 0.6) is 0 Å². The molecule has 0 radical (unpaired) electrons. The van der Waals surface area contributed by atoms with Gasteiger partial charge < -0.3 is 10.2 Å². The van der Waals surface area contributed by atoms with Gasteiger partial charge in [-0.25, -0.2) is 11.6 Å². The number of aromatic nitrogens is 2. The molecule has 24 heavy (non-hydrogen) atoms. The number of nitrogens with one attached hydrogen (secondary N) is 2. The molecule has 0 aliphatic carbocycles. The second kappa shape index (κ2) is 6.39. The van der Waals surface area contributed by atoms with Crippen molar-refractivity contribution >= 4 is 23.1 Å². The van der Waals surface area contributed by atoms with Gasteiger partial charge in [0.25, 0.3) is 6.04 Å². The predicted molar refractivity (Wildman–Crippen MR) is 95.0 cm³/mol. The first-order valence-corrected chi connectivity index (χ1v) is 8.61. The van der Waals surface area contributed by atoms with Gasteiger partial charge in [-0.2, -0.15) is 5.10 Å². The molecule has 1 aromatic carbocycles. The molecule has 2 aliphatic rings. The van der Waals surface area contributed by atoms with E-state index in [1.807, 2.05) is 24.3 Å². The molecule has 1 aromatic heterocycles. The predicted octanol–water partition coefficient (Wildman–Crippen LogP) is 3.57. The van der Waals surface area contributed by atoms with Crippen molar-refractivity contribution in [1.29, 1.82) is 0 Å². The lowest BCUT2D eigenvalue weighted by Gasteiger charge is -2.30. The molecule has 0 amide bonds. The maximum Gasteiger partial charge on any atom is 0.272 e. The fourth-order valence-corrected chi connectivity index (χ4v) is 4.05. The van der Waals surface area contributed by atoms with Crippen molar-refractivity contribution in [1.82, 2.24) is 15.5 Å². The van der Waals surface area contributed by atoms with Gasteiger partial charge in [-0.15, -0.1) is 0 Å². The maximum atomic E-state index is 7.85. The van der Waals surface area contributed by atoms with E-state index in [2.05, 4.69) is 20.4 Å². The van der Waals surface area contributed by atoms with Gasteiger partial charge in [0.15, 0.2) is 5.82 Å². The third kappa shape index (κ3) is 2.52. The summed E-state index contributed by atoms with van der Waals surface area (Å²) in [5, 5.41) is 11.2. The first kappa shape index (κ1) is 15.4. The maximum absolute atomic E-state index is 7.85. The molecule has 1 saturated heterocycles. The topological polar surface area (TPSA) is 57.4 Å². The highest BCUT2D eigenvalue weighted by molar-refractivity contribution is 6.31. The standard InChI is InChI=1S/C18H18ClN5/c1-20-17-15(12-4-2-3-5-14(12)19)13-10-22-24-18(13)23-16(17)11-6-8-21-9-7-11/h2-5,10-11,15,17,21H,6-9H2,(H,22,24). The van der Waals surface area contributed by atoms with Crippen molar-refractivity contribution < 1.29 is 0 Å². The van der Waals surface area contributed by atoms with Gasteiger partial charge >= 0.3 is 0 Å². The van der Waals surface area contributed by atoms with E-state index >= 15 is 0 Å². The smallest absolute Gasteiger partial charge is 0.272 e. The summed E-state index contributed by atoms with van der Waals surface area (Å²) >= 11 is 6.46. The minimum Gasteiger partial charge on any atom is -0.317 e. The molecule has 0 saturated carbocycles. The summed E-state index contributed by atoms with van der Waals surface area (Å²) in [6.07, 6.45) is 3.82. The third-order valence-electron chi connectivity index (χ3n) is 4.98. The Morgan fingerprint density at radius 1 is 1.17 bits per heavy atom. The van der Waals surface area contributed by atoms with E-state index in [1.54, 1.807) is 6.20 Å². The molecule has 0 bridgehead atoms. The summed E-state index contributed by atoms with van der Waals surface area (Å²) < 4.78 is 0. The Labute approximate surface area is 146 Å². The van der Waals surface area contributed by atoms with Crippen LogP contribution >= 0.6 is 11.6 Å². The number of piperidine rings is 1. The lowest BCUT2D eigenvalue weighted by molar-refractivity contribution is 0.448. The second-order valence-electron chi connectivity index (χ2n) is 6.31. The quantitative estimate of drug-likeness (QED) is 0.822. The van der Waals surface area contributed by atoms with Crippen molar-refractivity contribution in [3.05, 3.63) is 58.0 Å². The molecule has 2 aromatic rings. The number of aliphatic imine (C=N–C) groups is 1. The van der Waals surface area contributed by atoms with Crippen LogP contribution in [-0.2, 0) is 0 Å². The Morgan fingerprint density at radius 3 is 2.71 bits per heavy atom. The Balaban J connectivity index is 1.83. The number of halogens is 1. The molecular formula is C18H18ClN5. The molecule has 5 nitrogen and oxygen atoms in total. The minimum absolute atomic E-state index is 0.118. The SMILES string of the molecule is [C-]#[N+]C1C(C2CCNCC2)=Nc2[nH]ncc2C1c1ccccc1Cl. The van der Waals surface area contributed by atoms with Gasteiger partial charge in [-0.1, -0.05) is 29.8 Å². The van der Waals surface area contributed by atoms with Crippen LogP contribution in [0.25, 0.3) is 4.85 Å². The fourth-order valence-electron chi connectivity index (χ4n) is 3.80. The monoisotopic (exact) mass is 339 g/mol. The van der Waals surface area contributed by atoms with Crippen LogP contribution in [0.4, 0.5) is 5.82 Å². The van der Waals surface area contributed by atoms with E-state index in [9.17, 15) is 0 Å². The van der Waals surface area contributed by atoms with Crippen molar-refractivity contribution in [2.75, 3.05) is 13.1 Å². The van der Waals surface area contributed by atoms with Crippen LogP contribution in [0.2, 0.25) is 5.02 Å². The average molecular weight is 340 g/mol. The van der Waals surface area contributed by atoms with Crippen molar-refractivity contribution in [3.63, 3.8) is 0 Å². The third-order valence-corrected chi connectivity index (χ3v) is 5.32. The highest BCUT2D eigenvalue weighted by atomic mass is 35.5. The Morgan fingerprint density at radius 2 is 1.96 bits per heavy atom. The highest BCUT2D eigenvalue weighted by Gasteiger charge is 2.43. The van der Waals surface area contributed by atoms with Gasteiger partial charge in [-0.05, 0) is 37.6 Å². The van der Waals surface area contributed by atoms with Crippen LogP contribution in [0.1, 0.15) is 29.9 Å². The normalized spacial score (nSPS) is 24.1. The van der Waals surface area contributed by atoms with Crippen molar-refractivity contribution in [3.8, 4) is 0 Å². The van der Waals surface area contributed by atoms with E-state index in [-0.39, 0.29) is 12.0 Å². The molecular weight excluding hydrogens is 322 g/mol. The Kier molecular flexibility index (Phi) is 4.09. The van der Waals surface area contributed by atoms with Crippen molar-refractivity contribution in [2.45, 2.75) is 24.8 Å². The van der Waals surface area contributed by atoms with Crippen LogP contribution in [0, 0.1) is 12.5 Å². The number of nitrogens with zero attached hydrogens (tertiary/aromatic N) is 3. The average Bonchev–Trinajstić information content (AvgIpc) is 3.10. The minimum atomic E-state index is -0.321. The highest BCUT2D eigenvalue weighted by Crippen LogP contribution is 2.43. The van der Waals surface area contributed by atoms with E-state index in [1.165, 1.54) is 0 Å². The first-order chi connectivity index (χ1) is 11.8. The van der Waals surface area contributed by atoms with Crippen molar-refractivity contribution in [2.24, 2.45) is 10.9 Å². The number of hydrogen-bond donors (Lipinski definition) is 2. The fraction of sp³-hybridized carbons (Fsp3) is 0.389. The Bertz CT molecular complexity index is 813.